The van der Waals surface area contributed by atoms with Crippen LogP contribution in [0.3, 0.4) is 0 Å². The summed E-state index contributed by atoms with van der Waals surface area (Å²) in [6, 6.07) is 7.27. The molecule has 3 aromatic heterocycles. The predicted octanol–water partition coefficient (Wildman–Crippen LogP) is 2.58. The lowest BCUT2D eigenvalue weighted by atomic mass is 10.2. The van der Waals surface area contributed by atoms with Crippen molar-refractivity contribution in [3.8, 4) is 17.3 Å². The Kier molecular flexibility index (Phi) is 6.18. The van der Waals surface area contributed by atoms with Crippen LogP contribution in [0.1, 0.15) is 36.3 Å². The van der Waals surface area contributed by atoms with E-state index in [-0.39, 0.29) is 12.6 Å². The number of likely N-dealkylation sites (tertiary alicyclic amines) is 1. The smallest absolute Gasteiger partial charge is 0.244 e. The zero-order valence-electron chi connectivity index (χ0n) is 16.3. The first-order chi connectivity index (χ1) is 14.3. The van der Waals surface area contributed by atoms with Crippen LogP contribution in [-0.2, 0) is 17.9 Å². The van der Waals surface area contributed by atoms with E-state index >= 15 is 0 Å². The summed E-state index contributed by atoms with van der Waals surface area (Å²) in [5.74, 6) is 3.06. The second-order valence-electron chi connectivity index (χ2n) is 6.83. The number of furan rings is 1. The van der Waals surface area contributed by atoms with Crippen LogP contribution in [-0.4, -0.2) is 52.0 Å². The molecular formula is C20H24N4O5. The van der Waals surface area contributed by atoms with Gasteiger partial charge >= 0.3 is 0 Å². The molecule has 1 fully saturated rings. The lowest BCUT2D eigenvalue weighted by Crippen LogP contribution is -2.22. The topological polar surface area (TPSA) is 107 Å². The number of pyridine rings is 1. The van der Waals surface area contributed by atoms with E-state index in [1.54, 1.807) is 31.5 Å². The van der Waals surface area contributed by atoms with Crippen molar-refractivity contribution in [3.05, 3.63) is 47.9 Å². The molecule has 0 bridgehead atoms. The summed E-state index contributed by atoms with van der Waals surface area (Å²) in [5, 5.41) is 13.3. The van der Waals surface area contributed by atoms with Crippen molar-refractivity contribution in [1.82, 2.24) is 20.0 Å². The van der Waals surface area contributed by atoms with Gasteiger partial charge < -0.3 is 23.5 Å². The molecule has 1 aliphatic rings. The minimum atomic E-state index is -0.0995. The zero-order chi connectivity index (χ0) is 20.1. The summed E-state index contributed by atoms with van der Waals surface area (Å²) in [7, 11) is 1.63. The third kappa shape index (κ3) is 4.64. The highest BCUT2D eigenvalue weighted by Gasteiger charge is 2.31. The highest BCUT2D eigenvalue weighted by atomic mass is 16.5. The maximum Gasteiger partial charge on any atom is 0.244 e. The molecule has 1 atom stereocenters. The molecule has 9 heteroatoms. The Morgan fingerprint density at radius 2 is 2.14 bits per heavy atom. The summed E-state index contributed by atoms with van der Waals surface area (Å²) in [4.78, 5) is 11.2. The molecular weight excluding hydrogens is 376 g/mol. The quantitative estimate of drug-likeness (QED) is 0.542. The summed E-state index contributed by atoms with van der Waals surface area (Å²) in [6.07, 6.45) is 3.63. The van der Waals surface area contributed by atoms with Gasteiger partial charge in [-0.05, 0) is 37.6 Å². The molecule has 3 aromatic rings. The Balaban J connectivity index is 1.46. The lowest BCUT2D eigenvalue weighted by molar-refractivity contribution is 0.146. The Labute approximate surface area is 168 Å². The monoisotopic (exact) mass is 400 g/mol. The number of aromatic nitrogens is 3. The average Bonchev–Trinajstić information content (AvgIpc) is 3.49. The van der Waals surface area contributed by atoms with E-state index in [0.29, 0.717) is 48.7 Å². The van der Waals surface area contributed by atoms with E-state index in [4.69, 9.17) is 18.4 Å². The van der Waals surface area contributed by atoms with E-state index in [9.17, 15) is 5.11 Å². The molecule has 154 valence electrons. The fraction of sp³-hybridized carbons (Fsp3) is 0.450. The molecule has 4 heterocycles. The fourth-order valence-electron chi connectivity index (χ4n) is 3.43. The highest BCUT2D eigenvalue weighted by molar-refractivity contribution is 5.50. The SMILES string of the molecule is COCCOc1ccnc(-c2noc(C3CCCN3Cc3ccc(CO)o3)n2)c1. The van der Waals surface area contributed by atoms with Crippen LogP contribution in [0.25, 0.3) is 11.5 Å². The first-order valence-corrected chi connectivity index (χ1v) is 9.61. The minimum absolute atomic E-state index is 0.0278. The van der Waals surface area contributed by atoms with Crippen LogP contribution in [0.15, 0.2) is 39.4 Å². The van der Waals surface area contributed by atoms with Gasteiger partial charge in [0.25, 0.3) is 0 Å². The summed E-state index contributed by atoms with van der Waals surface area (Å²) in [6.45, 7) is 2.41. The van der Waals surface area contributed by atoms with Gasteiger partial charge in [-0.25, -0.2) is 0 Å². The van der Waals surface area contributed by atoms with Gasteiger partial charge in [0.1, 0.15) is 36.2 Å². The fourth-order valence-corrected chi connectivity index (χ4v) is 3.43. The molecule has 0 radical (unpaired) electrons. The van der Waals surface area contributed by atoms with Gasteiger partial charge in [0.15, 0.2) is 0 Å². The molecule has 1 unspecified atom stereocenters. The lowest BCUT2D eigenvalue weighted by Gasteiger charge is -2.19. The van der Waals surface area contributed by atoms with Crippen LogP contribution < -0.4 is 4.74 Å². The second kappa shape index (κ2) is 9.17. The molecule has 0 aliphatic carbocycles. The van der Waals surface area contributed by atoms with Gasteiger partial charge in [0, 0.05) is 19.4 Å². The van der Waals surface area contributed by atoms with Crippen LogP contribution in [0.2, 0.25) is 0 Å². The predicted molar refractivity (Wildman–Crippen MR) is 102 cm³/mol. The van der Waals surface area contributed by atoms with Crippen molar-refractivity contribution in [2.24, 2.45) is 0 Å². The first kappa shape index (κ1) is 19.6. The molecule has 1 N–H and O–H groups in total. The van der Waals surface area contributed by atoms with Crippen LogP contribution in [0.5, 0.6) is 5.75 Å². The molecule has 9 nitrogen and oxygen atoms in total. The van der Waals surface area contributed by atoms with Crippen molar-refractivity contribution in [2.75, 3.05) is 26.9 Å². The number of nitrogens with zero attached hydrogens (tertiary/aromatic N) is 4. The molecule has 0 spiro atoms. The van der Waals surface area contributed by atoms with Crippen LogP contribution in [0, 0.1) is 0 Å². The van der Waals surface area contributed by atoms with Gasteiger partial charge in [0.05, 0.1) is 19.2 Å². The number of aliphatic hydroxyl groups excluding tert-OH is 1. The van der Waals surface area contributed by atoms with Crippen molar-refractivity contribution >= 4 is 0 Å². The highest BCUT2D eigenvalue weighted by Crippen LogP contribution is 2.33. The standard InChI is InChI=1S/C20H24N4O5/c1-26-9-10-27-14-6-7-21-17(11-14)19-22-20(29-23-19)18-3-2-8-24(18)12-15-4-5-16(13-25)28-15/h4-7,11,18,25H,2-3,8-10,12-13H2,1H3. The Bertz CT molecular complexity index is 925. The largest absolute Gasteiger partial charge is 0.491 e. The van der Waals surface area contributed by atoms with Gasteiger partial charge in [-0.1, -0.05) is 5.16 Å². The second-order valence-corrected chi connectivity index (χ2v) is 6.83. The molecule has 0 aromatic carbocycles. The summed E-state index contributed by atoms with van der Waals surface area (Å²) < 4.78 is 21.8. The van der Waals surface area contributed by atoms with E-state index in [1.807, 2.05) is 6.07 Å². The number of rotatable bonds is 9. The molecule has 0 amide bonds. The zero-order valence-corrected chi connectivity index (χ0v) is 16.3. The van der Waals surface area contributed by atoms with Crippen molar-refractivity contribution < 1.29 is 23.5 Å². The molecule has 1 saturated heterocycles. The van der Waals surface area contributed by atoms with Crippen LogP contribution in [0.4, 0.5) is 0 Å². The molecule has 1 aliphatic heterocycles. The van der Waals surface area contributed by atoms with E-state index < -0.39 is 0 Å². The van der Waals surface area contributed by atoms with Gasteiger partial charge in [-0.3, -0.25) is 9.88 Å². The molecule has 0 saturated carbocycles. The maximum absolute atomic E-state index is 9.17. The summed E-state index contributed by atoms with van der Waals surface area (Å²) in [5.41, 5.74) is 0.595. The number of hydrogen-bond acceptors (Lipinski definition) is 9. The average molecular weight is 400 g/mol. The Morgan fingerprint density at radius 3 is 2.97 bits per heavy atom. The minimum Gasteiger partial charge on any atom is -0.491 e. The maximum atomic E-state index is 9.17. The third-order valence-electron chi connectivity index (χ3n) is 4.84. The first-order valence-electron chi connectivity index (χ1n) is 9.61. The number of aliphatic hydroxyl groups is 1. The van der Waals surface area contributed by atoms with Crippen molar-refractivity contribution in [1.29, 1.82) is 0 Å². The third-order valence-corrected chi connectivity index (χ3v) is 4.84. The Hall–Kier alpha value is -2.75. The van der Waals surface area contributed by atoms with Gasteiger partial charge in [-0.2, -0.15) is 4.98 Å². The van der Waals surface area contributed by atoms with Gasteiger partial charge in [0.2, 0.25) is 11.7 Å². The summed E-state index contributed by atoms with van der Waals surface area (Å²) >= 11 is 0. The van der Waals surface area contributed by atoms with Crippen molar-refractivity contribution in [3.63, 3.8) is 0 Å². The Morgan fingerprint density at radius 1 is 1.24 bits per heavy atom. The normalized spacial score (nSPS) is 17.1. The van der Waals surface area contributed by atoms with E-state index in [2.05, 4.69) is 20.0 Å². The van der Waals surface area contributed by atoms with Gasteiger partial charge in [-0.15, -0.1) is 0 Å². The number of methoxy groups -OCH3 is 1. The molecule has 4 rings (SSSR count). The number of ether oxygens (including phenoxy) is 2. The van der Waals surface area contributed by atoms with E-state index in [1.165, 1.54) is 0 Å². The van der Waals surface area contributed by atoms with E-state index in [0.717, 1.165) is 25.1 Å². The molecule has 29 heavy (non-hydrogen) atoms. The number of hydrogen-bond donors (Lipinski definition) is 1. The van der Waals surface area contributed by atoms with Crippen molar-refractivity contribution in [2.45, 2.75) is 32.0 Å². The van der Waals surface area contributed by atoms with Crippen LogP contribution >= 0.6 is 0 Å².